The first-order valence-corrected chi connectivity index (χ1v) is 5.79. The highest BCUT2D eigenvalue weighted by Crippen LogP contribution is 2.12. The van der Waals surface area contributed by atoms with Gasteiger partial charge in [-0.3, -0.25) is 0 Å². The van der Waals surface area contributed by atoms with Crippen LogP contribution in [-0.4, -0.2) is 36.9 Å². The number of carboxylic acid groups (broad SMARTS) is 1. The summed E-state index contributed by atoms with van der Waals surface area (Å²) in [7, 11) is 0. The van der Waals surface area contributed by atoms with Crippen LogP contribution in [0.3, 0.4) is 0 Å². The molecule has 0 amide bonds. The van der Waals surface area contributed by atoms with Crippen LogP contribution in [0.1, 0.15) is 32.6 Å². The third-order valence-electron chi connectivity index (χ3n) is 2.76. The molecular weight excluding hydrogens is 194 g/mol. The second-order valence-corrected chi connectivity index (χ2v) is 4.16. The number of rotatable bonds is 6. The second-order valence-electron chi connectivity index (χ2n) is 4.16. The van der Waals surface area contributed by atoms with Crippen molar-refractivity contribution >= 4 is 5.97 Å². The third-order valence-corrected chi connectivity index (χ3v) is 2.76. The van der Waals surface area contributed by atoms with Gasteiger partial charge in [0.15, 0.2) is 6.10 Å². The average molecular weight is 215 g/mol. The molecule has 2 atom stereocenters. The molecule has 0 spiro atoms. The van der Waals surface area contributed by atoms with E-state index in [1.54, 1.807) is 0 Å². The van der Waals surface area contributed by atoms with E-state index >= 15 is 0 Å². The molecule has 1 heterocycles. The Morgan fingerprint density at radius 2 is 2.47 bits per heavy atom. The van der Waals surface area contributed by atoms with Gasteiger partial charge in [0.25, 0.3) is 0 Å². The lowest BCUT2D eigenvalue weighted by Crippen LogP contribution is -2.34. The standard InChI is InChI=1S/C11H21NO3/c1-2-4-10(11(13)14)15-8-9-5-3-6-12-7-9/h9-10,12H,2-8H2,1H3,(H,13,14). The number of carboxylic acids is 1. The molecule has 1 saturated heterocycles. The van der Waals surface area contributed by atoms with Crippen molar-refractivity contribution in [2.45, 2.75) is 38.7 Å². The Bertz CT molecular complexity index is 190. The maximum absolute atomic E-state index is 10.8. The summed E-state index contributed by atoms with van der Waals surface area (Å²) < 4.78 is 5.44. The monoisotopic (exact) mass is 215 g/mol. The van der Waals surface area contributed by atoms with E-state index in [1.807, 2.05) is 6.92 Å². The molecule has 0 bridgehead atoms. The minimum absolute atomic E-state index is 0.484. The molecule has 0 aromatic rings. The highest BCUT2D eigenvalue weighted by Gasteiger charge is 2.20. The molecule has 4 nitrogen and oxygen atoms in total. The number of ether oxygens (including phenoxy) is 1. The number of hydrogen-bond acceptors (Lipinski definition) is 3. The maximum atomic E-state index is 10.8. The summed E-state index contributed by atoms with van der Waals surface area (Å²) >= 11 is 0. The van der Waals surface area contributed by atoms with E-state index in [9.17, 15) is 4.79 Å². The van der Waals surface area contributed by atoms with Crippen molar-refractivity contribution in [2.24, 2.45) is 5.92 Å². The van der Waals surface area contributed by atoms with Crippen LogP contribution in [0.4, 0.5) is 0 Å². The molecule has 0 radical (unpaired) electrons. The van der Waals surface area contributed by atoms with Gasteiger partial charge in [-0.15, -0.1) is 0 Å². The van der Waals surface area contributed by atoms with Gasteiger partial charge < -0.3 is 15.2 Å². The fourth-order valence-electron chi connectivity index (χ4n) is 1.86. The van der Waals surface area contributed by atoms with Crippen LogP contribution < -0.4 is 5.32 Å². The van der Waals surface area contributed by atoms with Gasteiger partial charge in [0.2, 0.25) is 0 Å². The summed E-state index contributed by atoms with van der Waals surface area (Å²) in [5.41, 5.74) is 0. The Balaban J connectivity index is 2.22. The smallest absolute Gasteiger partial charge is 0.332 e. The molecule has 4 heteroatoms. The molecule has 1 aliphatic heterocycles. The van der Waals surface area contributed by atoms with E-state index < -0.39 is 12.1 Å². The number of hydrogen-bond donors (Lipinski definition) is 2. The molecule has 0 saturated carbocycles. The molecule has 2 unspecified atom stereocenters. The predicted molar refractivity (Wildman–Crippen MR) is 57.9 cm³/mol. The number of aliphatic carboxylic acids is 1. The Hall–Kier alpha value is -0.610. The Labute approximate surface area is 91.0 Å². The predicted octanol–water partition coefficient (Wildman–Crippen LogP) is 1.26. The van der Waals surface area contributed by atoms with Crippen molar-refractivity contribution in [1.82, 2.24) is 5.32 Å². The lowest BCUT2D eigenvalue weighted by atomic mass is 10.0. The molecule has 2 N–H and O–H groups in total. The van der Waals surface area contributed by atoms with Gasteiger partial charge in [0.1, 0.15) is 0 Å². The van der Waals surface area contributed by atoms with Gasteiger partial charge in [-0.25, -0.2) is 4.79 Å². The van der Waals surface area contributed by atoms with E-state index in [4.69, 9.17) is 9.84 Å². The summed E-state index contributed by atoms with van der Waals surface area (Å²) in [4.78, 5) is 10.8. The molecule has 88 valence electrons. The van der Waals surface area contributed by atoms with Gasteiger partial charge in [0.05, 0.1) is 6.61 Å². The molecule has 1 rings (SSSR count). The summed E-state index contributed by atoms with van der Waals surface area (Å²) in [5.74, 6) is -0.349. The largest absolute Gasteiger partial charge is 0.479 e. The molecular formula is C11H21NO3. The number of piperidine rings is 1. The first-order valence-electron chi connectivity index (χ1n) is 5.79. The van der Waals surface area contributed by atoms with Crippen LogP contribution in [0.25, 0.3) is 0 Å². The zero-order valence-corrected chi connectivity index (χ0v) is 9.37. The fourth-order valence-corrected chi connectivity index (χ4v) is 1.86. The Kier molecular flexibility index (Phi) is 5.65. The summed E-state index contributed by atoms with van der Waals surface area (Å²) in [6, 6.07) is 0. The molecule has 1 aliphatic rings. The average Bonchev–Trinajstić information content (AvgIpc) is 2.25. The molecule has 0 aliphatic carbocycles. The van der Waals surface area contributed by atoms with Gasteiger partial charge in [-0.05, 0) is 31.7 Å². The Morgan fingerprint density at radius 1 is 1.67 bits per heavy atom. The summed E-state index contributed by atoms with van der Waals surface area (Å²) in [6.07, 6.45) is 3.15. The van der Waals surface area contributed by atoms with Crippen LogP contribution in [0.15, 0.2) is 0 Å². The lowest BCUT2D eigenvalue weighted by Gasteiger charge is -2.24. The van der Waals surface area contributed by atoms with Crippen LogP contribution in [0.5, 0.6) is 0 Å². The molecule has 1 fully saturated rings. The van der Waals surface area contributed by atoms with Crippen molar-refractivity contribution in [3.8, 4) is 0 Å². The van der Waals surface area contributed by atoms with Crippen molar-refractivity contribution < 1.29 is 14.6 Å². The van der Waals surface area contributed by atoms with E-state index in [1.165, 1.54) is 6.42 Å². The van der Waals surface area contributed by atoms with Crippen LogP contribution in [-0.2, 0) is 9.53 Å². The van der Waals surface area contributed by atoms with Crippen LogP contribution in [0, 0.1) is 5.92 Å². The maximum Gasteiger partial charge on any atom is 0.332 e. The minimum atomic E-state index is -0.833. The topological polar surface area (TPSA) is 58.6 Å². The molecule has 15 heavy (non-hydrogen) atoms. The SMILES string of the molecule is CCCC(OCC1CCCNC1)C(=O)O. The number of carbonyl (C=O) groups is 1. The number of nitrogens with one attached hydrogen (secondary N) is 1. The van der Waals surface area contributed by atoms with E-state index in [0.29, 0.717) is 18.9 Å². The quantitative estimate of drug-likeness (QED) is 0.700. The molecule has 0 aromatic heterocycles. The van der Waals surface area contributed by atoms with Crippen molar-refractivity contribution in [1.29, 1.82) is 0 Å². The van der Waals surface area contributed by atoms with Crippen molar-refractivity contribution in [3.05, 3.63) is 0 Å². The fraction of sp³-hybridized carbons (Fsp3) is 0.909. The zero-order valence-electron chi connectivity index (χ0n) is 9.37. The first kappa shape index (κ1) is 12.5. The van der Waals surface area contributed by atoms with E-state index in [-0.39, 0.29) is 0 Å². The summed E-state index contributed by atoms with van der Waals surface area (Å²) in [5, 5.41) is 12.2. The van der Waals surface area contributed by atoms with Gasteiger partial charge >= 0.3 is 5.97 Å². The van der Waals surface area contributed by atoms with Crippen molar-refractivity contribution in [2.75, 3.05) is 19.7 Å². The third kappa shape index (κ3) is 4.62. The van der Waals surface area contributed by atoms with Crippen LogP contribution >= 0.6 is 0 Å². The van der Waals surface area contributed by atoms with Gasteiger partial charge in [-0.1, -0.05) is 13.3 Å². The first-order chi connectivity index (χ1) is 7.24. The minimum Gasteiger partial charge on any atom is -0.479 e. The van der Waals surface area contributed by atoms with Gasteiger partial charge in [-0.2, -0.15) is 0 Å². The molecule has 0 aromatic carbocycles. The van der Waals surface area contributed by atoms with Crippen molar-refractivity contribution in [3.63, 3.8) is 0 Å². The summed E-state index contributed by atoms with van der Waals surface area (Å²) in [6.45, 7) is 4.58. The normalized spacial score (nSPS) is 23.7. The van der Waals surface area contributed by atoms with Gasteiger partial charge in [0, 0.05) is 6.54 Å². The highest BCUT2D eigenvalue weighted by molar-refractivity contribution is 5.72. The Morgan fingerprint density at radius 3 is 3.00 bits per heavy atom. The van der Waals surface area contributed by atoms with E-state index in [2.05, 4.69) is 5.32 Å². The van der Waals surface area contributed by atoms with E-state index in [0.717, 1.165) is 25.9 Å². The zero-order chi connectivity index (χ0) is 11.1. The van der Waals surface area contributed by atoms with Crippen LogP contribution in [0.2, 0.25) is 0 Å². The lowest BCUT2D eigenvalue weighted by molar-refractivity contribution is -0.151. The second kappa shape index (κ2) is 6.80. The highest BCUT2D eigenvalue weighted by atomic mass is 16.5.